The maximum absolute atomic E-state index is 5.40. The summed E-state index contributed by atoms with van der Waals surface area (Å²) >= 11 is 0. The second kappa shape index (κ2) is 7.59. The highest BCUT2D eigenvalue weighted by Crippen LogP contribution is 2.22. The molecule has 122 valence electrons. The van der Waals surface area contributed by atoms with Crippen molar-refractivity contribution < 1.29 is 4.58 Å². The van der Waals surface area contributed by atoms with E-state index < -0.39 is 0 Å². The fourth-order valence-corrected chi connectivity index (χ4v) is 2.99. The van der Waals surface area contributed by atoms with Crippen LogP contribution in [0.2, 0.25) is 0 Å². The zero-order valence-electron chi connectivity index (χ0n) is 14.5. The van der Waals surface area contributed by atoms with Gasteiger partial charge in [-0.2, -0.15) is 0 Å². The Hall–Kier alpha value is -3.18. The van der Waals surface area contributed by atoms with Crippen molar-refractivity contribution in [1.29, 1.82) is 0 Å². The van der Waals surface area contributed by atoms with Crippen molar-refractivity contribution in [3.8, 4) is 6.57 Å². The standard InChI is InChI=1S/C23H22N2/c1-24-22-12-6-8-18(16-22)14-20-10-4-5-11-21(20)15-19-9-7-13-23(17-19)25(2)3/h1,4-13,16-17H,2,14-15H2,3H3/q+2. The summed E-state index contributed by atoms with van der Waals surface area (Å²) in [5.41, 5.74) is 7.08. The molecule has 0 aliphatic heterocycles. The molecule has 0 unspecified atom stereocenters. The first kappa shape index (κ1) is 16.7. The molecule has 0 aromatic heterocycles. The predicted octanol–water partition coefficient (Wildman–Crippen LogP) is 5.44. The van der Waals surface area contributed by atoms with E-state index in [1.807, 2.05) is 29.8 Å². The van der Waals surface area contributed by atoms with Crippen LogP contribution in [-0.4, -0.2) is 18.3 Å². The van der Waals surface area contributed by atoms with Crippen molar-refractivity contribution in [3.05, 3.63) is 99.9 Å². The van der Waals surface area contributed by atoms with Crippen LogP contribution in [0.4, 0.5) is 11.4 Å². The summed E-state index contributed by atoms with van der Waals surface area (Å²) in [7, 11) is 1.96. The number of hydrogen-bond donors (Lipinski definition) is 0. The molecule has 0 radical (unpaired) electrons. The van der Waals surface area contributed by atoms with Crippen LogP contribution >= 0.6 is 0 Å². The lowest BCUT2D eigenvalue weighted by atomic mass is 9.95. The monoisotopic (exact) mass is 326 g/mol. The molecule has 0 N–H and O–H groups in total. The first-order valence-electron chi connectivity index (χ1n) is 8.35. The lowest BCUT2D eigenvalue weighted by molar-refractivity contribution is -0.394. The highest BCUT2D eigenvalue weighted by atomic mass is 14.9. The SMILES string of the molecule is C#[N+]c1cccc(Cc2ccccc2Cc2cccc([N+](=C)C)c2)c1. The van der Waals surface area contributed by atoms with Crippen LogP contribution in [0.5, 0.6) is 0 Å². The molecule has 0 saturated carbocycles. The predicted molar refractivity (Wildman–Crippen MR) is 106 cm³/mol. The third-order valence-corrected chi connectivity index (χ3v) is 4.32. The van der Waals surface area contributed by atoms with E-state index in [9.17, 15) is 0 Å². The van der Waals surface area contributed by atoms with Crippen molar-refractivity contribution in [3.63, 3.8) is 0 Å². The van der Waals surface area contributed by atoms with E-state index in [1.165, 1.54) is 22.3 Å². The Morgan fingerprint density at radius 1 is 0.840 bits per heavy atom. The molecule has 0 fully saturated rings. The van der Waals surface area contributed by atoms with Gasteiger partial charge in [-0.1, -0.05) is 48.5 Å². The van der Waals surface area contributed by atoms with E-state index in [-0.39, 0.29) is 0 Å². The molecular weight excluding hydrogens is 304 g/mol. The second-order valence-corrected chi connectivity index (χ2v) is 6.29. The molecule has 0 spiro atoms. The minimum atomic E-state index is 0.807. The quantitative estimate of drug-likeness (QED) is 0.436. The van der Waals surface area contributed by atoms with Crippen LogP contribution in [0.15, 0.2) is 72.8 Å². The van der Waals surface area contributed by atoms with Crippen LogP contribution in [0.1, 0.15) is 22.3 Å². The van der Waals surface area contributed by atoms with Gasteiger partial charge >= 0.3 is 5.69 Å². The molecule has 25 heavy (non-hydrogen) atoms. The Morgan fingerprint density at radius 2 is 1.44 bits per heavy atom. The van der Waals surface area contributed by atoms with Crippen molar-refractivity contribution in [1.82, 2.24) is 0 Å². The van der Waals surface area contributed by atoms with Crippen LogP contribution in [0, 0.1) is 6.57 Å². The second-order valence-electron chi connectivity index (χ2n) is 6.29. The Labute approximate surface area is 149 Å². The molecule has 3 aromatic carbocycles. The van der Waals surface area contributed by atoms with Crippen LogP contribution in [0.3, 0.4) is 0 Å². The number of nitrogens with zero attached hydrogens (tertiary/aromatic N) is 2. The average Bonchev–Trinajstić information content (AvgIpc) is 2.64. The first-order chi connectivity index (χ1) is 12.2. The molecule has 0 bridgehead atoms. The van der Waals surface area contributed by atoms with Crippen molar-refractivity contribution in [2.75, 3.05) is 7.05 Å². The van der Waals surface area contributed by atoms with Gasteiger partial charge in [-0.05, 0) is 39.9 Å². The lowest BCUT2D eigenvalue weighted by Gasteiger charge is -2.10. The third-order valence-electron chi connectivity index (χ3n) is 4.32. The van der Waals surface area contributed by atoms with Crippen molar-refractivity contribution in [2.24, 2.45) is 0 Å². The summed E-state index contributed by atoms with van der Waals surface area (Å²) in [6, 6.07) is 25.2. The van der Waals surface area contributed by atoms with Gasteiger partial charge in [0.25, 0.3) is 6.57 Å². The van der Waals surface area contributed by atoms with E-state index in [2.05, 4.69) is 66.2 Å². The van der Waals surface area contributed by atoms with E-state index in [0.29, 0.717) is 0 Å². The molecule has 0 saturated heterocycles. The lowest BCUT2D eigenvalue weighted by Crippen LogP contribution is -1.98. The van der Waals surface area contributed by atoms with Gasteiger partial charge in [0.2, 0.25) is 5.69 Å². The maximum Gasteiger partial charge on any atom is 0.340 e. The third kappa shape index (κ3) is 4.22. The molecule has 2 heteroatoms. The normalized spacial score (nSPS) is 10.2. The fraction of sp³-hybridized carbons (Fsp3) is 0.130. The Kier molecular flexibility index (Phi) is 5.06. The van der Waals surface area contributed by atoms with Crippen LogP contribution < -0.4 is 0 Å². The number of rotatable bonds is 5. The van der Waals surface area contributed by atoms with E-state index in [0.717, 1.165) is 24.2 Å². The zero-order chi connectivity index (χ0) is 17.6. The van der Waals surface area contributed by atoms with Gasteiger partial charge in [-0.25, -0.2) is 4.58 Å². The summed E-state index contributed by atoms with van der Waals surface area (Å²) in [5.74, 6) is 0. The van der Waals surface area contributed by atoms with Gasteiger partial charge in [-0.3, -0.25) is 0 Å². The Morgan fingerprint density at radius 3 is 2.04 bits per heavy atom. The van der Waals surface area contributed by atoms with E-state index in [1.54, 1.807) is 0 Å². The molecule has 0 atom stereocenters. The summed E-state index contributed by atoms with van der Waals surface area (Å²) < 4.78 is 1.89. The average molecular weight is 326 g/mol. The van der Waals surface area contributed by atoms with Crippen LogP contribution in [-0.2, 0) is 12.8 Å². The molecule has 2 nitrogen and oxygen atoms in total. The summed E-state index contributed by atoms with van der Waals surface area (Å²) in [6.07, 6.45) is 1.77. The minimum absolute atomic E-state index is 0.807. The molecule has 0 aliphatic rings. The van der Waals surface area contributed by atoms with Gasteiger partial charge < -0.3 is 0 Å². The molecule has 0 amide bonds. The molecule has 0 heterocycles. The topological polar surface area (TPSA) is 7.37 Å². The fourth-order valence-electron chi connectivity index (χ4n) is 2.99. The smallest absolute Gasteiger partial charge is 0.208 e. The maximum atomic E-state index is 5.40. The van der Waals surface area contributed by atoms with Crippen LogP contribution in [0.25, 0.3) is 4.85 Å². The van der Waals surface area contributed by atoms with Gasteiger partial charge in [0, 0.05) is 24.3 Å². The minimum Gasteiger partial charge on any atom is -0.208 e. The van der Waals surface area contributed by atoms with Gasteiger partial charge in [0.1, 0.15) is 13.8 Å². The first-order valence-corrected chi connectivity index (χ1v) is 8.35. The zero-order valence-corrected chi connectivity index (χ0v) is 14.5. The highest BCUT2D eigenvalue weighted by molar-refractivity contribution is 5.49. The Bertz CT molecular complexity index is 948. The Balaban J connectivity index is 1.87. The summed E-state index contributed by atoms with van der Waals surface area (Å²) in [6.45, 7) is 9.36. The van der Waals surface area contributed by atoms with Gasteiger partial charge in [0.15, 0.2) is 0 Å². The van der Waals surface area contributed by atoms with Crippen molar-refractivity contribution >= 4 is 18.1 Å². The molecule has 3 rings (SSSR count). The summed E-state index contributed by atoms with van der Waals surface area (Å²) in [4.78, 5) is 3.78. The number of benzene rings is 3. The molecule has 3 aromatic rings. The van der Waals surface area contributed by atoms with Gasteiger partial charge in [-0.15, -0.1) is 0 Å². The molecule has 0 aliphatic carbocycles. The van der Waals surface area contributed by atoms with E-state index >= 15 is 0 Å². The largest absolute Gasteiger partial charge is 0.340 e. The number of hydrogen-bond acceptors (Lipinski definition) is 0. The van der Waals surface area contributed by atoms with E-state index in [4.69, 9.17) is 6.57 Å². The van der Waals surface area contributed by atoms with Crippen molar-refractivity contribution in [2.45, 2.75) is 12.8 Å². The summed E-state index contributed by atoms with van der Waals surface area (Å²) in [5, 5.41) is 0. The highest BCUT2D eigenvalue weighted by Gasteiger charge is 2.08. The van der Waals surface area contributed by atoms with Gasteiger partial charge in [0.05, 0.1) is 0 Å². The molecular formula is C23H22N2+2.